The maximum Gasteiger partial charge on any atom is 0.329 e. The van der Waals surface area contributed by atoms with Crippen molar-refractivity contribution in [2.45, 2.75) is 45.9 Å². The summed E-state index contributed by atoms with van der Waals surface area (Å²) >= 11 is 0. The van der Waals surface area contributed by atoms with Gasteiger partial charge in [0.25, 0.3) is 0 Å². The molecule has 1 aromatic rings. The second-order valence-electron chi connectivity index (χ2n) is 6.35. The molecule has 118 valence electrons. The van der Waals surface area contributed by atoms with Crippen LogP contribution in [0.25, 0.3) is 0 Å². The highest BCUT2D eigenvalue weighted by Crippen LogP contribution is 2.17. The Morgan fingerprint density at radius 1 is 1.43 bits per heavy atom. The largest absolute Gasteiger partial charge is 0.458 e. The van der Waals surface area contributed by atoms with E-state index < -0.39 is 5.60 Å². The molecule has 1 fully saturated rings. The minimum atomic E-state index is -0.476. The zero-order valence-corrected chi connectivity index (χ0v) is 13.3. The van der Waals surface area contributed by atoms with Crippen LogP contribution in [0.1, 0.15) is 39.6 Å². The second-order valence-corrected chi connectivity index (χ2v) is 6.35. The Labute approximate surface area is 126 Å². The SMILES string of the molecule is CC(C(=O)OC(C)(C)C)n1ccnc1CN1CCOCC1. The van der Waals surface area contributed by atoms with E-state index in [0.29, 0.717) is 0 Å². The van der Waals surface area contributed by atoms with Crippen molar-refractivity contribution in [3.05, 3.63) is 18.2 Å². The second kappa shape index (κ2) is 6.58. The van der Waals surface area contributed by atoms with Gasteiger partial charge >= 0.3 is 5.97 Å². The van der Waals surface area contributed by atoms with Gasteiger partial charge in [0.15, 0.2) is 0 Å². The molecular weight excluding hydrogens is 270 g/mol. The van der Waals surface area contributed by atoms with Crippen LogP contribution in [0, 0.1) is 0 Å². The van der Waals surface area contributed by atoms with Crippen LogP contribution in [0.15, 0.2) is 12.4 Å². The molecule has 0 aliphatic carbocycles. The topological polar surface area (TPSA) is 56.6 Å². The van der Waals surface area contributed by atoms with E-state index in [9.17, 15) is 4.79 Å². The van der Waals surface area contributed by atoms with Gasteiger partial charge in [0.1, 0.15) is 17.5 Å². The lowest BCUT2D eigenvalue weighted by Gasteiger charge is -2.27. The summed E-state index contributed by atoms with van der Waals surface area (Å²) in [6, 6.07) is -0.372. The van der Waals surface area contributed by atoms with Crippen LogP contribution in [-0.2, 0) is 20.8 Å². The first-order chi connectivity index (χ1) is 9.87. The summed E-state index contributed by atoms with van der Waals surface area (Å²) in [5, 5.41) is 0. The lowest BCUT2D eigenvalue weighted by Crippen LogP contribution is -2.37. The van der Waals surface area contributed by atoms with Crippen LogP contribution in [0.5, 0.6) is 0 Å². The summed E-state index contributed by atoms with van der Waals surface area (Å²) in [5.74, 6) is 0.652. The van der Waals surface area contributed by atoms with Crippen LogP contribution >= 0.6 is 0 Å². The number of carbonyl (C=O) groups excluding carboxylic acids is 1. The Balaban J connectivity index is 2.03. The predicted molar refractivity (Wildman–Crippen MR) is 78.9 cm³/mol. The van der Waals surface area contributed by atoms with Crippen molar-refractivity contribution in [1.82, 2.24) is 14.5 Å². The maximum absolute atomic E-state index is 12.2. The smallest absolute Gasteiger partial charge is 0.329 e. The van der Waals surface area contributed by atoms with Gasteiger partial charge < -0.3 is 14.0 Å². The number of imidazole rings is 1. The molecule has 0 bridgehead atoms. The van der Waals surface area contributed by atoms with E-state index in [-0.39, 0.29) is 12.0 Å². The number of esters is 1. The predicted octanol–water partition coefficient (Wildman–Crippen LogP) is 1.62. The zero-order valence-electron chi connectivity index (χ0n) is 13.3. The highest BCUT2D eigenvalue weighted by Gasteiger charge is 2.25. The molecule has 0 saturated carbocycles. The van der Waals surface area contributed by atoms with Crippen LogP contribution in [0.4, 0.5) is 0 Å². The minimum absolute atomic E-state index is 0.233. The third-order valence-corrected chi connectivity index (χ3v) is 3.38. The number of carbonyl (C=O) groups is 1. The number of hydrogen-bond donors (Lipinski definition) is 0. The van der Waals surface area contributed by atoms with Crippen molar-refractivity contribution < 1.29 is 14.3 Å². The average Bonchev–Trinajstić information content (AvgIpc) is 2.85. The van der Waals surface area contributed by atoms with Crippen LogP contribution in [-0.4, -0.2) is 52.3 Å². The Bertz CT molecular complexity index is 473. The van der Waals surface area contributed by atoms with Gasteiger partial charge in [-0.2, -0.15) is 0 Å². The van der Waals surface area contributed by atoms with E-state index in [1.165, 1.54) is 0 Å². The monoisotopic (exact) mass is 295 g/mol. The molecule has 1 unspecified atom stereocenters. The van der Waals surface area contributed by atoms with Crippen molar-refractivity contribution >= 4 is 5.97 Å². The number of nitrogens with zero attached hydrogens (tertiary/aromatic N) is 3. The fourth-order valence-corrected chi connectivity index (χ4v) is 2.28. The molecule has 0 aromatic carbocycles. The van der Waals surface area contributed by atoms with Crippen LogP contribution in [0.2, 0.25) is 0 Å². The minimum Gasteiger partial charge on any atom is -0.458 e. The van der Waals surface area contributed by atoms with Gasteiger partial charge in [-0.25, -0.2) is 9.78 Å². The fourth-order valence-electron chi connectivity index (χ4n) is 2.28. The van der Waals surface area contributed by atoms with Gasteiger partial charge in [-0.05, 0) is 27.7 Å². The number of ether oxygens (including phenoxy) is 2. The molecule has 0 radical (unpaired) electrons. The Morgan fingerprint density at radius 3 is 2.71 bits per heavy atom. The normalized spacial score (nSPS) is 18.5. The molecule has 1 aliphatic rings. The molecular formula is C15H25N3O3. The first-order valence-corrected chi connectivity index (χ1v) is 7.41. The molecule has 1 saturated heterocycles. The van der Waals surface area contributed by atoms with Crippen LogP contribution < -0.4 is 0 Å². The molecule has 21 heavy (non-hydrogen) atoms. The molecule has 2 heterocycles. The highest BCUT2D eigenvalue weighted by atomic mass is 16.6. The van der Waals surface area contributed by atoms with Crippen molar-refractivity contribution in [3.8, 4) is 0 Å². The van der Waals surface area contributed by atoms with Crippen molar-refractivity contribution in [1.29, 1.82) is 0 Å². The number of rotatable bonds is 4. The Hall–Kier alpha value is -1.40. The van der Waals surface area contributed by atoms with Crippen molar-refractivity contribution in [3.63, 3.8) is 0 Å². The van der Waals surface area contributed by atoms with E-state index >= 15 is 0 Å². The third-order valence-electron chi connectivity index (χ3n) is 3.38. The van der Waals surface area contributed by atoms with Gasteiger partial charge in [0.05, 0.1) is 19.8 Å². The maximum atomic E-state index is 12.2. The molecule has 6 nitrogen and oxygen atoms in total. The van der Waals surface area contributed by atoms with E-state index in [4.69, 9.17) is 9.47 Å². The van der Waals surface area contributed by atoms with E-state index in [2.05, 4.69) is 9.88 Å². The number of hydrogen-bond acceptors (Lipinski definition) is 5. The first-order valence-electron chi connectivity index (χ1n) is 7.41. The Kier molecular flexibility index (Phi) is 5.00. The zero-order chi connectivity index (χ0) is 15.5. The summed E-state index contributed by atoms with van der Waals surface area (Å²) in [7, 11) is 0. The number of aromatic nitrogens is 2. The molecule has 2 rings (SSSR count). The molecule has 0 spiro atoms. The lowest BCUT2D eigenvalue weighted by atomic mass is 10.2. The third kappa shape index (κ3) is 4.54. The summed E-state index contributed by atoms with van der Waals surface area (Å²) in [4.78, 5) is 18.9. The molecule has 0 amide bonds. The van der Waals surface area contributed by atoms with Crippen molar-refractivity contribution in [2.75, 3.05) is 26.3 Å². The van der Waals surface area contributed by atoms with Gasteiger partial charge in [-0.3, -0.25) is 4.90 Å². The van der Waals surface area contributed by atoms with Crippen LogP contribution in [0.3, 0.4) is 0 Å². The molecule has 1 atom stereocenters. The average molecular weight is 295 g/mol. The quantitative estimate of drug-likeness (QED) is 0.790. The summed E-state index contributed by atoms with van der Waals surface area (Å²) in [6.07, 6.45) is 3.57. The standard InChI is InChI=1S/C15H25N3O3/c1-12(14(19)21-15(2,3)4)18-6-5-16-13(18)11-17-7-9-20-10-8-17/h5-6,12H,7-11H2,1-4H3. The summed E-state index contributed by atoms with van der Waals surface area (Å²) < 4.78 is 12.7. The van der Waals surface area contributed by atoms with E-state index in [1.807, 2.05) is 38.5 Å². The van der Waals surface area contributed by atoms with Crippen molar-refractivity contribution in [2.24, 2.45) is 0 Å². The summed E-state index contributed by atoms with van der Waals surface area (Å²) in [6.45, 7) is 11.5. The fraction of sp³-hybridized carbons (Fsp3) is 0.733. The lowest BCUT2D eigenvalue weighted by molar-refractivity contribution is -0.158. The van der Waals surface area contributed by atoms with Gasteiger partial charge in [-0.15, -0.1) is 0 Å². The van der Waals surface area contributed by atoms with Gasteiger partial charge in [0, 0.05) is 25.5 Å². The number of morpholine rings is 1. The first kappa shape index (κ1) is 16.0. The van der Waals surface area contributed by atoms with E-state index in [0.717, 1.165) is 38.7 Å². The summed E-state index contributed by atoms with van der Waals surface area (Å²) in [5.41, 5.74) is -0.476. The van der Waals surface area contributed by atoms with Gasteiger partial charge in [0.2, 0.25) is 0 Å². The Morgan fingerprint density at radius 2 is 2.10 bits per heavy atom. The molecule has 1 aliphatic heterocycles. The molecule has 6 heteroatoms. The van der Waals surface area contributed by atoms with E-state index in [1.54, 1.807) is 6.20 Å². The highest BCUT2D eigenvalue weighted by molar-refractivity contribution is 5.74. The molecule has 0 N–H and O–H groups in total. The molecule has 1 aromatic heterocycles. The van der Waals surface area contributed by atoms with Gasteiger partial charge in [-0.1, -0.05) is 0 Å².